The predicted molar refractivity (Wildman–Crippen MR) is 84.4 cm³/mol. The van der Waals surface area contributed by atoms with Crippen LogP contribution in [-0.4, -0.2) is 23.6 Å². The Morgan fingerprint density at radius 2 is 2.29 bits per heavy atom. The van der Waals surface area contributed by atoms with E-state index in [-0.39, 0.29) is 11.1 Å². The molecule has 2 rings (SSSR count). The van der Waals surface area contributed by atoms with E-state index in [1.165, 1.54) is 6.92 Å². The van der Waals surface area contributed by atoms with Crippen LogP contribution in [0.2, 0.25) is 5.02 Å². The third-order valence-electron chi connectivity index (χ3n) is 2.46. The number of nitrogens with one attached hydrogen (secondary N) is 1. The lowest BCUT2D eigenvalue weighted by molar-refractivity contribution is -0.117. The Bertz CT molecular complexity index is 656. The van der Waals surface area contributed by atoms with Crippen LogP contribution in [0.15, 0.2) is 28.1 Å². The number of halogens is 1. The lowest BCUT2D eigenvalue weighted by Gasteiger charge is -2.08. The van der Waals surface area contributed by atoms with E-state index < -0.39 is 5.91 Å². The van der Waals surface area contributed by atoms with Gasteiger partial charge < -0.3 is 10.1 Å². The highest BCUT2D eigenvalue weighted by Crippen LogP contribution is 2.31. The van der Waals surface area contributed by atoms with Crippen LogP contribution in [0.1, 0.15) is 19.4 Å². The number of thioether (sulfide) groups is 1. The minimum Gasteiger partial charge on any atom is -0.493 e. The molecule has 1 aromatic carbocycles. The number of amides is 2. The number of aliphatic imine (C=N–C) groups is 1. The Balaban J connectivity index is 2.27. The second kappa shape index (κ2) is 6.78. The summed E-state index contributed by atoms with van der Waals surface area (Å²) in [5.74, 6) is -0.0324. The number of carbonyl (C=O) groups excluding carboxylic acids is 2. The van der Waals surface area contributed by atoms with Gasteiger partial charge in [-0.25, -0.2) is 0 Å². The number of ether oxygens (including phenoxy) is 1. The van der Waals surface area contributed by atoms with Gasteiger partial charge in [0.1, 0.15) is 5.75 Å². The van der Waals surface area contributed by atoms with E-state index >= 15 is 0 Å². The Labute approximate surface area is 131 Å². The fraction of sp³-hybridized carbons (Fsp3) is 0.214. The summed E-state index contributed by atoms with van der Waals surface area (Å²) in [5.41, 5.74) is 0.694. The SMILES string of the molecule is CCOc1ccc(Cl)cc1/C=C1/SC(NC(C)=O)=NC1=O. The van der Waals surface area contributed by atoms with Crippen LogP contribution in [-0.2, 0) is 9.59 Å². The first-order valence-corrected chi connectivity index (χ1v) is 7.41. The molecule has 1 aliphatic heterocycles. The van der Waals surface area contributed by atoms with E-state index in [0.29, 0.717) is 27.8 Å². The molecule has 21 heavy (non-hydrogen) atoms. The monoisotopic (exact) mass is 324 g/mol. The van der Waals surface area contributed by atoms with Crippen molar-refractivity contribution in [3.05, 3.63) is 33.7 Å². The second-order valence-corrected chi connectivity index (χ2v) is 5.60. The van der Waals surface area contributed by atoms with Gasteiger partial charge in [0.2, 0.25) is 5.91 Å². The Morgan fingerprint density at radius 3 is 2.95 bits per heavy atom. The summed E-state index contributed by atoms with van der Waals surface area (Å²) in [6, 6.07) is 5.18. The van der Waals surface area contributed by atoms with Gasteiger partial charge in [0.05, 0.1) is 11.5 Å². The van der Waals surface area contributed by atoms with Crippen molar-refractivity contribution in [2.45, 2.75) is 13.8 Å². The molecule has 1 aliphatic rings. The standard InChI is InChI=1S/C14H13ClN2O3S/c1-3-20-11-5-4-10(15)6-9(11)7-12-13(19)17-14(21-12)16-8(2)18/h4-7H,3H2,1-2H3,(H,16,17,18,19)/b12-7+. The van der Waals surface area contributed by atoms with Gasteiger partial charge in [-0.2, -0.15) is 4.99 Å². The molecule has 2 amide bonds. The normalized spacial score (nSPS) is 16.0. The third kappa shape index (κ3) is 4.09. The largest absolute Gasteiger partial charge is 0.493 e. The van der Waals surface area contributed by atoms with Crippen LogP contribution in [0.25, 0.3) is 6.08 Å². The summed E-state index contributed by atoms with van der Waals surface area (Å²) in [4.78, 5) is 27.0. The van der Waals surface area contributed by atoms with Crippen molar-refractivity contribution in [2.24, 2.45) is 4.99 Å². The van der Waals surface area contributed by atoms with Gasteiger partial charge in [-0.05, 0) is 43.0 Å². The molecule has 1 heterocycles. The van der Waals surface area contributed by atoms with Gasteiger partial charge in [-0.3, -0.25) is 9.59 Å². The number of amidine groups is 1. The van der Waals surface area contributed by atoms with Crippen LogP contribution < -0.4 is 10.1 Å². The van der Waals surface area contributed by atoms with Gasteiger partial charge in [-0.1, -0.05) is 11.6 Å². The number of benzene rings is 1. The maximum Gasteiger partial charge on any atom is 0.286 e. The fourth-order valence-corrected chi connectivity index (χ4v) is 2.70. The van der Waals surface area contributed by atoms with Gasteiger partial charge >= 0.3 is 0 Å². The maximum absolute atomic E-state index is 11.8. The highest BCUT2D eigenvalue weighted by Gasteiger charge is 2.23. The molecule has 0 aliphatic carbocycles. The van der Waals surface area contributed by atoms with E-state index in [2.05, 4.69) is 10.3 Å². The van der Waals surface area contributed by atoms with Gasteiger partial charge in [-0.15, -0.1) is 0 Å². The third-order valence-corrected chi connectivity index (χ3v) is 3.60. The lowest BCUT2D eigenvalue weighted by atomic mass is 10.2. The first kappa shape index (κ1) is 15.6. The van der Waals surface area contributed by atoms with E-state index in [0.717, 1.165) is 11.8 Å². The van der Waals surface area contributed by atoms with Crippen molar-refractivity contribution in [3.8, 4) is 5.75 Å². The van der Waals surface area contributed by atoms with Gasteiger partial charge in [0.25, 0.3) is 5.91 Å². The Morgan fingerprint density at radius 1 is 1.52 bits per heavy atom. The molecule has 110 valence electrons. The molecule has 0 atom stereocenters. The molecule has 1 aromatic rings. The van der Waals surface area contributed by atoms with Crippen LogP contribution in [0.5, 0.6) is 5.75 Å². The molecule has 0 spiro atoms. The number of nitrogens with zero attached hydrogens (tertiary/aromatic N) is 1. The predicted octanol–water partition coefficient (Wildman–Crippen LogP) is 2.85. The van der Waals surface area contributed by atoms with Crippen molar-refractivity contribution >= 4 is 46.4 Å². The van der Waals surface area contributed by atoms with Gasteiger partial charge in [0, 0.05) is 17.5 Å². The highest BCUT2D eigenvalue weighted by molar-refractivity contribution is 8.18. The topological polar surface area (TPSA) is 67.8 Å². The number of carbonyl (C=O) groups is 2. The lowest BCUT2D eigenvalue weighted by Crippen LogP contribution is -2.23. The molecule has 0 radical (unpaired) electrons. The van der Waals surface area contributed by atoms with Crippen molar-refractivity contribution in [3.63, 3.8) is 0 Å². The van der Waals surface area contributed by atoms with E-state index in [9.17, 15) is 9.59 Å². The van der Waals surface area contributed by atoms with Crippen LogP contribution in [0, 0.1) is 0 Å². The van der Waals surface area contributed by atoms with Crippen molar-refractivity contribution in [2.75, 3.05) is 6.61 Å². The first-order chi connectivity index (χ1) is 9.99. The summed E-state index contributed by atoms with van der Waals surface area (Å²) in [6.45, 7) is 3.74. The van der Waals surface area contributed by atoms with Crippen molar-refractivity contribution in [1.82, 2.24) is 5.32 Å². The molecule has 5 nitrogen and oxygen atoms in total. The van der Waals surface area contributed by atoms with E-state index in [1.807, 2.05) is 6.92 Å². The first-order valence-electron chi connectivity index (χ1n) is 6.22. The molecular weight excluding hydrogens is 312 g/mol. The summed E-state index contributed by atoms with van der Waals surface area (Å²) in [6.07, 6.45) is 1.65. The molecule has 0 unspecified atom stereocenters. The zero-order chi connectivity index (χ0) is 15.4. The minimum absolute atomic E-state index is 0.270. The highest BCUT2D eigenvalue weighted by atomic mass is 35.5. The van der Waals surface area contributed by atoms with Crippen LogP contribution in [0.3, 0.4) is 0 Å². The summed E-state index contributed by atoms with van der Waals surface area (Å²) in [5, 5.41) is 3.32. The number of hydrogen-bond donors (Lipinski definition) is 1. The zero-order valence-electron chi connectivity index (χ0n) is 11.5. The van der Waals surface area contributed by atoms with Crippen LogP contribution in [0.4, 0.5) is 0 Å². The Kier molecular flexibility index (Phi) is 5.03. The Hall–Kier alpha value is -1.79. The summed E-state index contributed by atoms with van der Waals surface area (Å²) in [7, 11) is 0. The molecule has 0 fully saturated rings. The number of rotatable bonds is 3. The average molecular weight is 325 g/mol. The second-order valence-electron chi connectivity index (χ2n) is 4.13. The molecular formula is C14H13ClN2O3S. The molecule has 0 saturated heterocycles. The zero-order valence-corrected chi connectivity index (χ0v) is 13.0. The fourth-order valence-electron chi connectivity index (χ4n) is 1.67. The summed E-state index contributed by atoms with van der Waals surface area (Å²) >= 11 is 7.08. The molecule has 0 aromatic heterocycles. The molecule has 7 heteroatoms. The minimum atomic E-state index is -0.397. The average Bonchev–Trinajstić information content (AvgIpc) is 2.72. The molecule has 0 bridgehead atoms. The van der Waals surface area contributed by atoms with E-state index in [1.54, 1.807) is 24.3 Å². The quantitative estimate of drug-likeness (QED) is 0.868. The van der Waals surface area contributed by atoms with Crippen LogP contribution >= 0.6 is 23.4 Å². The van der Waals surface area contributed by atoms with Crippen molar-refractivity contribution in [1.29, 1.82) is 0 Å². The van der Waals surface area contributed by atoms with Gasteiger partial charge in [0.15, 0.2) is 5.17 Å². The number of hydrogen-bond acceptors (Lipinski definition) is 4. The van der Waals surface area contributed by atoms with E-state index in [4.69, 9.17) is 16.3 Å². The van der Waals surface area contributed by atoms with Crippen molar-refractivity contribution < 1.29 is 14.3 Å². The molecule has 1 N–H and O–H groups in total. The smallest absolute Gasteiger partial charge is 0.286 e. The molecule has 0 saturated carbocycles. The summed E-state index contributed by atoms with van der Waals surface area (Å²) < 4.78 is 5.50. The maximum atomic E-state index is 11.8.